The molecule has 1 aromatic carbocycles. The van der Waals surface area contributed by atoms with Crippen LogP contribution in [-0.4, -0.2) is 47.4 Å². The highest BCUT2D eigenvalue weighted by Crippen LogP contribution is 2.36. The average molecular weight is 312 g/mol. The van der Waals surface area contributed by atoms with Crippen LogP contribution in [0, 0.1) is 0 Å². The lowest BCUT2D eigenvalue weighted by Gasteiger charge is -2.42. The minimum atomic E-state index is 0.0948. The van der Waals surface area contributed by atoms with Crippen molar-refractivity contribution in [2.45, 2.75) is 62.9 Å². The van der Waals surface area contributed by atoms with Gasteiger partial charge in [-0.25, -0.2) is 0 Å². The summed E-state index contributed by atoms with van der Waals surface area (Å²) in [4.78, 5) is 18.0. The third-order valence-corrected chi connectivity index (χ3v) is 6.15. The number of hydrogen-bond acceptors (Lipinski definition) is 2. The van der Waals surface area contributed by atoms with Crippen LogP contribution in [0.3, 0.4) is 0 Å². The van der Waals surface area contributed by atoms with E-state index in [4.69, 9.17) is 0 Å². The Balaban J connectivity index is 1.51. The lowest BCUT2D eigenvalue weighted by atomic mass is 9.88. The van der Waals surface area contributed by atoms with Crippen LogP contribution >= 0.6 is 0 Å². The molecule has 3 nitrogen and oxygen atoms in total. The lowest BCUT2D eigenvalue weighted by Crippen LogP contribution is -2.53. The van der Waals surface area contributed by atoms with Gasteiger partial charge in [-0.1, -0.05) is 43.2 Å². The van der Waals surface area contributed by atoms with Crippen LogP contribution in [0.5, 0.6) is 0 Å². The van der Waals surface area contributed by atoms with Crippen LogP contribution < -0.4 is 0 Å². The summed E-state index contributed by atoms with van der Waals surface area (Å²) in [6, 6.07) is 11.5. The molecule has 3 aliphatic rings. The number of carbonyl (C=O) groups is 1. The number of amides is 1. The van der Waals surface area contributed by atoms with Gasteiger partial charge in [0.1, 0.15) is 0 Å². The molecule has 3 heteroatoms. The largest absolute Gasteiger partial charge is 0.338 e. The summed E-state index contributed by atoms with van der Waals surface area (Å²) < 4.78 is 0. The molecule has 23 heavy (non-hydrogen) atoms. The summed E-state index contributed by atoms with van der Waals surface area (Å²) in [5.41, 5.74) is 1.20. The number of rotatable bonds is 3. The fourth-order valence-electron chi connectivity index (χ4n) is 4.98. The van der Waals surface area contributed by atoms with Gasteiger partial charge in [-0.05, 0) is 50.8 Å². The molecule has 1 aromatic rings. The van der Waals surface area contributed by atoms with Crippen molar-refractivity contribution in [3.05, 3.63) is 35.9 Å². The number of hydrogen-bond donors (Lipinski definition) is 0. The van der Waals surface area contributed by atoms with E-state index in [2.05, 4.69) is 34.1 Å². The Morgan fingerprint density at radius 1 is 0.783 bits per heavy atom. The molecule has 1 aliphatic carbocycles. The molecule has 124 valence electrons. The second kappa shape index (κ2) is 6.64. The highest BCUT2D eigenvalue weighted by atomic mass is 16.2. The molecule has 0 N–H and O–H groups in total. The van der Waals surface area contributed by atoms with Crippen molar-refractivity contribution in [3.8, 4) is 0 Å². The van der Waals surface area contributed by atoms with Crippen molar-refractivity contribution in [3.63, 3.8) is 0 Å². The molecule has 0 aromatic heterocycles. The Morgan fingerprint density at radius 3 is 2.22 bits per heavy atom. The van der Waals surface area contributed by atoms with Crippen LogP contribution in [0.2, 0.25) is 0 Å². The molecule has 0 radical (unpaired) electrons. The topological polar surface area (TPSA) is 23.6 Å². The zero-order chi connectivity index (χ0) is 15.6. The third-order valence-electron chi connectivity index (χ3n) is 6.15. The van der Waals surface area contributed by atoms with Gasteiger partial charge in [0.05, 0.1) is 5.92 Å². The van der Waals surface area contributed by atoms with E-state index >= 15 is 0 Å². The third kappa shape index (κ3) is 2.91. The van der Waals surface area contributed by atoms with Crippen LogP contribution in [-0.2, 0) is 4.79 Å². The van der Waals surface area contributed by atoms with E-state index in [0.29, 0.717) is 18.0 Å². The van der Waals surface area contributed by atoms with Gasteiger partial charge in [-0.3, -0.25) is 9.69 Å². The van der Waals surface area contributed by atoms with Crippen molar-refractivity contribution in [1.29, 1.82) is 0 Å². The molecule has 0 spiro atoms. The Labute approximate surface area is 139 Å². The van der Waals surface area contributed by atoms with Crippen LogP contribution in [0.4, 0.5) is 0 Å². The van der Waals surface area contributed by atoms with Gasteiger partial charge < -0.3 is 4.90 Å². The first-order chi connectivity index (χ1) is 11.3. The lowest BCUT2D eigenvalue weighted by molar-refractivity contribution is -0.133. The molecule has 2 aliphatic heterocycles. The van der Waals surface area contributed by atoms with Gasteiger partial charge >= 0.3 is 0 Å². The van der Waals surface area contributed by atoms with Crippen LogP contribution in [0.1, 0.15) is 56.4 Å². The zero-order valence-corrected chi connectivity index (χ0v) is 14.0. The molecule has 1 saturated carbocycles. The predicted molar refractivity (Wildman–Crippen MR) is 92.4 cm³/mol. The zero-order valence-electron chi connectivity index (χ0n) is 14.0. The van der Waals surface area contributed by atoms with Crippen LogP contribution in [0.15, 0.2) is 30.3 Å². The molecular weight excluding hydrogens is 284 g/mol. The highest BCUT2D eigenvalue weighted by Gasteiger charge is 2.42. The van der Waals surface area contributed by atoms with E-state index in [0.717, 1.165) is 13.0 Å². The molecule has 4 rings (SSSR count). The van der Waals surface area contributed by atoms with Crippen molar-refractivity contribution >= 4 is 5.91 Å². The van der Waals surface area contributed by atoms with Gasteiger partial charge in [-0.2, -0.15) is 0 Å². The summed E-state index contributed by atoms with van der Waals surface area (Å²) in [6.45, 7) is 3.43. The van der Waals surface area contributed by atoms with Gasteiger partial charge in [0.15, 0.2) is 0 Å². The maximum Gasteiger partial charge on any atom is 0.230 e. The Hall–Kier alpha value is -1.35. The maximum absolute atomic E-state index is 13.1. The van der Waals surface area contributed by atoms with Crippen molar-refractivity contribution in [1.82, 2.24) is 9.80 Å². The van der Waals surface area contributed by atoms with Crippen molar-refractivity contribution in [2.24, 2.45) is 0 Å². The Morgan fingerprint density at radius 2 is 1.48 bits per heavy atom. The van der Waals surface area contributed by atoms with E-state index in [1.807, 2.05) is 6.07 Å². The fraction of sp³-hybridized carbons (Fsp3) is 0.650. The number of carbonyl (C=O) groups excluding carboxylic acids is 1. The number of nitrogens with zero attached hydrogens (tertiary/aromatic N) is 2. The first-order valence-corrected chi connectivity index (χ1v) is 9.44. The van der Waals surface area contributed by atoms with E-state index in [1.54, 1.807) is 0 Å². The number of likely N-dealkylation sites (tertiary alicyclic amines) is 2. The Bertz CT molecular complexity index is 538. The summed E-state index contributed by atoms with van der Waals surface area (Å²) in [6.07, 6.45) is 8.77. The molecular formula is C20H28N2O. The van der Waals surface area contributed by atoms with E-state index in [1.165, 1.54) is 57.2 Å². The number of benzene rings is 1. The molecule has 0 bridgehead atoms. The minimum absolute atomic E-state index is 0.0948. The Kier molecular flexibility index (Phi) is 4.39. The van der Waals surface area contributed by atoms with Crippen LogP contribution in [0.25, 0.3) is 0 Å². The van der Waals surface area contributed by atoms with Gasteiger partial charge in [0.25, 0.3) is 0 Å². The monoisotopic (exact) mass is 312 g/mol. The maximum atomic E-state index is 13.1. The second-order valence-electron chi connectivity index (χ2n) is 7.45. The van der Waals surface area contributed by atoms with Gasteiger partial charge in [0, 0.05) is 18.6 Å². The second-order valence-corrected chi connectivity index (χ2v) is 7.45. The van der Waals surface area contributed by atoms with E-state index in [-0.39, 0.29) is 5.92 Å². The first-order valence-electron chi connectivity index (χ1n) is 9.44. The quantitative estimate of drug-likeness (QED) is 0.854. The van der Waals surface area contributed by atoms with Gasteiger partial charge in [0.2, 0.25) is 5.91 Å². The first kappa shape index (κ1) is 15.2. The smallest absolute Gasteiger partial charge is 0.230 e. The molecule has 2 saturated heterocycles. The molecule has 2 heterocycles. The summed E-state index contributed by atoms with van der Waals surface area (Å²) in [7, 11) is 0. The molecule has 1 amide bonds. The molecule has 3 atom stereocenters. The summed E-state index contributed by atoms with van der Waals surface area (Å²) in [5.74, 6) is 0.477. The average Bonchev–Trinajstić information content (AvgIpc) is 3.25. The molecule has 3 fully saturated rings. The standard InChI is InChI=1S/C20H28N2O/c23-20-17(16-8-2-1-3-9-16)12-15-22(20)19-11-5-4-10-18(19)21-13-6-7-14-21/h1-3,8-9,17-19H,4-7,10-15H2/t17-,18-,19-/m1/s1. The van der Waals surface area contributed by atoms with E-state index < -0.39 is 0 Å². The normalized spacial score (nSPS) is 32.6. The SMILES string of the molecule is O=C1[C@@H](c2ccccc2)CCN1[C@@H]1CCCC[C@H]1N1CCCC1. The highest BCUT2D eigenvalue weighted by molar-refractivity contribution is 5.86. The predicted octanol–water partition coefficient (Wildman–Crippen LogP) is 3.41. The summed E-state index contributed by atoms with van der Waals surface area (Å²) in [5, 5.41) is 0. The van der Waals surface area contributed by atoms with Gasteiger partial charge in [-0.15, -0.1) is 0 Å². The van der Waals surface area contributed by atoms with Crippen molar-refractivity contribution in [2.75, 3.05) is 19.6 Å². The van der Waals surface area contributed by atoms with E-state index in [9.17, 15) is 4.79 Å². The summed E-state index contributed by atoms with van der Waals surface area (Å²) >= 11 is 0. The minimum Gasteiger partial charge on any atom is -0.338 e. The fourth-order valence-corrected chi connectivity index (χ4v) is 4.98. The molecule has 0 unspecified atom stereocenters. The van der Waals surface area contributed by atoms with Crippen molar-refractivity contribution < 1.29 is 4.79 Å².